The van der Waals surface area contributed by atoms with Crippen LogP contribution in [0.3, 0.4) is 0 Å². The molecular weight excluding hydrogens is 548 g/mol. The Bertz CT molecular complexity index is 1100. The van der Waals surface area contributed by atoms with Crippen LogP contribution in [0.15, 0.2) is 48.5 Å². The highest BCUT2D eigenvalue weighted by Gasteiger charge is 2.33. The van der Waals surface area contributed by atoms with Crippen molar-refractivity contribution in [1.82, 2.24) is 9.80 Å². The summed E-state index contributed by atoms with van der Waals surface area (Å²) >= 11 is 0. The first-order chi connectivity index (χ1) is 21.3. The number of carbonyl (C=O) groups excluding carboxylic acids is 2. The molecule has 0 bridgehead atoms. The number of amides is 4. The van der Waals surface area contributed by atoms with Crippen LogP contribution in [-0.2, 0) is 0 Å². The Morgan fingerprint density at radius 2 is 0.864 bits per heavy atom. The monoisotopic (exact) mass is 602 g/mol. The summed E-state index contributed by atoms with van der Waals surface area (Å²) in [7, 11) is 8.10. The summed E-state index contributed by atoms with van der Waals surface area (Å²) in [6.07, 6.45) is 13.7. The molecule has 0 saturated heterocycles. The molecule has 0 aromatic heterocycles. The Labute approximate surface area is 265 Å². The maximum absolute atomic E-state index is 13.6. The summed E-state index contributed by atoms with van der Waals surface area (Å²) < 4.78 is 0. The first kappa shape index (κ1) is 32.0. The normalized spacial score (nSPS) is 20.7. The third-order valence-corrected chi connectivity index (χ3v) is 10.2. The van der Waals surface area contributed by atoms with Crippen molar-refractivity contribution in [3.8, 4) is 0 Å². The van der Waals surface area contributed by atoms with Crippen molar-refractivity contribution in [3.63, 3.8) is 0 Å². The van der Waals surface area contributed by atoms with Crippen LogP contribution >= 0.6 is 0 Å². The van der Waals surface area contributed by atoms with Gasteiger partial charge in [-0.2, -0.15) is 0 Å². The van der Waals surface area contributed by atoms with Crippen LogP contribution in [0.1, 0.15) is 77.0 Å². The Kier molecular flexibility index (Phi) is 10.9. The molecule has 0 atom stereocenters. The van der Waals surface area contributed by atoms with Crippen LogP contribution < -0.4 is 20.4 Å². The maximum Gasteiger partial charge on any atom is 0.322 e. The van der Waals surface area contributed by atoms with E-state index in [1.165, 1.54) is 25.7 Å². The number of benzene rings is 2. The highest BCUT2D eigenvalue weighted by atomic mass is 16.2. The van der Waals surface area contributed by atoms with E-state index >= 15 is 0 Å². The maximum atomic E-state index is 13.6. The molecule has 8 heteroatoms. The van der Waals surface area contributed by atoms with E-state index in [2.05, 4.69) is 30.2 Å². The Hall–Kier alpha value is -3.42. The van der Waals surface area contributed by atoms with Crippen LogP contribution in [0, 0.1) is 11.8 Å². The van der Waals surface area contributed by atoms with Crippen LogP contribution in [0.4, 0.5) is 32.3 Å². The zero-order valence-corrected chi connectivity index (χ0v) is 27.4. The fourth-order valence-electron chi connectivity index (χ4n) is 7.46. The largest absolute Gasteiger partial charge is 0.378 e. The predicted molar refractivity (Wildman–Crippen MR) is 183 cm³/mol. The molecule has 0 heterocycles. The Morgan fingerprint density at radius 3 is 1.16 bits per heavy atom. The van der Waals surface area contributed by atoms with E-state index < -0.39 is 0 Å². The smallest absolute Gasteiger partial charge is 0.322 e. The molecule has 3 aliphatic carbocycles. The molecule has 3 aliphatic rings. The van der Waals surface area contributed by atoms with Gasteiger partial charge >= 0.3 is 12.1 Å². The number of anilines is 4. The fraction of sp³-hybridized carbons (Fsp3) is 0.611. The highest BCUT2D eigenvalue weighted by molar-refractivity contribution is 5.90. The van der Waals surface area contributed by atoms with Crippen molar-refractivity contribution in [3.05, 3.63) is 48.5 Å². The lowest BCUT2D eigenvalue weighted by Crippen LogP contribution is -2.46. The van der Waals surface area contributed by atoms with Crippen LogP contribution in [0.2, 0.25) is 0 Å². The zero-order valence-electron chi connectivity index (χ0n) is 27.4. The molecule has 2 N–H and O–H groups in total. The predicted octanol–water partition coefficient (Wildman–Crippen LogP) is 7.88. The van der Waals surface area contributed by atoms with E-state index in [-0.39, 0.29) is 12.1 Å². The number of rotatable bonds is 10. The number of nitrogens with one attached hydrogen (secondary N) is 2. The van der Waals surface area contributed by atoms with Crippen molar-refractivity contribution in [2.75, 3.05) is 61.7 Å². The Morgan fingerprint density at radius 1 is 0.545 bits per heavy atom. The average molecular weight is 603 g/mol. The lowest BCUT2D eigenvalue weighted by Gasteiger charge is -2.38. The lowest BCUT2D eigenvalue weighted by molar-refractivity contribution is 0.134. The van der Waals surface area contributed by atoms with Crippen LogP contribution in [0.25, 0.3) is 0 Å². The zero-order chi connectivity index (χ0) is 31.1. The standard InChI is InChI=1S/C36H54N6O2/c1-39(2)31-21-17-29(18-22-31)37-35(43)41(33-9-5-6-10-33)25-27-13-15-28(16-14-27)26-42(34-11-7-8-12-34)36(44)38-30-19-23-32(24-20-30)40(3)4/h17-24,27-28,33-34H,5-16,25-26H2,1-4H3,(H,37,43)(H,38,44). The van der Waals surface area contributed by atoms with Crippen LogP contribution in [0.5, 0.6) is 0 Å². The molecule has 5 rings (SSSR count). The molecule has 240 valence electrons. The first-order valence-electron chi connectivity index (χ1n) is 17.0. The first-order valence-corrected chi connectivity index (χ1v) is 17.0. The van der Waals surface area contributed by atoms with Gasteiger partial charge in [0.2, 0.25) is 0 Å². The van der Waals surface area contributed by atoms with E-state index in [0.717, 1.165) is 87.2 Å². The lowest BCUT2D eigenvalue weighted by atomic mass is 9.81. The summed E-state index contributed by atoms with van der Waals surface area (Å²) in [5, 5.41) is 6.39. The molecule has 44 heavy (non-hydrogen) atoms. The number of hydrogen-bond donors (Lipinski definition) is 2. The van der Waals surface area contributed by atoms with Gasteiger partial charge in [-0.3, -0.25) is 0 Å². The van der Waals surface area contributed by atoms with Gasteiger partial charge in [-0.25, -0.2) is 9.59 Å². The van der Waals surface area contributed by atoms with Crippen molar-refractivity contribution >= 4 is 34.8 Å². The number of nitrogens with zero attached hydrogens (tertiary/aromatic N) is 4. The molecule has 3 fully saturated rings. The van der Waals surface area contributed by atoms with Gasteiger partial charge in [0, 0.05) is 76.1 Å². The summed E-state index contributed by atoms with van der Waals surface area (Å²) in [5.74, 6) is 1.02. The molecule has 4 amide bonds. The third-order valence-electron chi connectivity index (χ3n) is 10.2. The molecule has 0 radical (unpaired) electrons. The van der Waals surface area contributed by atoms with Crippen molar-refractivity contribution < 1.29 is 9.59 Å². The van der Waals surface area contributed by atoms with Gasteiger partial charge < -0.3 is 30.2 Å². The summed E-state index contributed by atoms with van der Waals surface area (Å²) in [5.41, 5.74) is 3.95. The molecule has 8 nitrogen and oxygen atoms in total. The summed E-state index contributed by atoms with van der Waals surface area (Å²) in [6.45, 7) is 1.66. The van der Waals surface area contributed by atoms with Crippen molar-refractivity contribution in [2.24, 2.45) is 11.8 Å². The third kappa shape index (κ3) is 8.39. The van der Waals surface area contributed by atoms with Gasteiger partial charge in [0.05, 0.1) is 0 Å². The minimum absolute atomic E-state index is 0.0410. The summed E-state index contributed by atoms with van der Waals surface area (Å²) in [6, 6.07) is 16.9. The van der Waals surface area contributed by atoms with Gasteiger partial charge in [-0.15, -0.1) is 0 Å². The van der Waals surface area contributed by atoms with E-state index in [9.17, 15) is 9.59 Å². The highest BCUT2D eigenvalue weighted by Crippen LogP contribution is 2.34. The number of urea groups is 2. The van der Waals surface area contributed by atoms with Crippen molar-refractivity contribution in [2.45, 2.75) is 89.1 Å². The molecule has 2 aromatic carbocycles. The van der Waals surface area contributed by atoms with E-state index in [1.54, 1.807) is 0 Å². The van der Waals surface area contributed by atoms with E-state index in [4.69, 9.17) is 0 Å². The second-order valence-electron chi connectivity index (χ2n) is 13.8. The van der Waals surface area contributed by atoms with Crippen molar-refractivity contribution in [1.29, 1.82) is 0 Å². The summed E-state index contributed by atoms with van der Waals surface area (Å²) in [4.78, 5) is 35.6. The SMILES string of the molecule is CN(C)c1ccc(NC(=O)N(CC2CCC(CN(C(=O)Nc3ccc(N(C)C)cc3)C3CCCC3)CC2)C2CCCC2)cc1. The molecule has 0 aliphatic heterocycles. The quantitative estimate of drug-likeness (QED) is 0.290. The second kappa shape index (κ2) is 15.0. The van der Waals surface area contributed by atoms with Gasteiger partial charge in [-0.1, -0.05) is 25.7 Å². The molecule has 2 aromatic rings. The van der Waals surface area contributed by atoms with Gasteiger partial charge in [0.25, 0.3) is 0 Å². The molecule has 0 spiro atoms. The second-order valence-corrected chi connectivity index (χ2v) is 13.8. The minimum Gasteiger partial charge on any atom is -0.378 e. The molecule has 0 unspecified atom stereocenters. The minimum atomic E-state index is 0.0410. The van der Waals surface area contributed by atoms with Gasteiger partial charge in [0.15, 0.2) is 0 Å². The Balaban J connectivity index is 1.16. The van der Waals surface area contributed by atoms with E-state index in [0.29, 0.717) is 23.9 Å². The fourth-order valence-corrected chi connectivity index (χ4v) is 7.46. The van der Waals surface area contributed by atoms with E-state index in [1.807, 2.05) is 76.7 Å². The topological polar surface area (TPSA) is 71.2 Å². The average Bonchev–Trinajstić information content (AvgIpc) is 3.75. The molecular formula is C36H54N6O2. The molecule has 3 saturated carbocycles. The number of carbonyl (C=O) groups is 2. The van der Waals surface area contributed by atoms with Crippen LogP contribution in [-0.4, -0.2) is 75.2 Å². The number of hydrogen-bond acceptors (Lipinski definition) is 4. The van der Waals surface area contributed by atoms with Gasteiger partial charge in [0.1, 0.15) is 0 Å². The van der Waals surface area contributed by atoms with Gasteiger partial charge in [-0.05, 0) is 112 Å².